The molecule has 3 nitrogen and oxygen atoms in total. The van der Waals surface area contributed by atoms with E-state index in [0.29, 0.717) is 17.7 Å². The Morgan fingerprint density at radius 2 is 1.67 bits per heavy atom. The first kappa shape index (κ1) is 14.3. The monoisotopic (exact) mass is 391 g/mol. The SMILES string of the molecule is Cc1ccc(C)c(CN2C(=O)c3ccc(I)cc3C2=O)c1. The van der Waals surface area contributed by atoms with Crippen LogP contribution in [0.25, 0.3) is 0 Å². The highest BCUT2D eigenvalue weighted by Crippen LogP contribution is 2.27. The van der Waals surface area contributed by atoms with E-state index in [1.807, 2.05) is 38.1 Å². The van der Waals surface area contributed by atoms with Crippen molar-refractivity contribution < 1.29 is 9.59 Å². The number of aryl methyl sites for hydroxylation is 2. The summed E-state index contributed by atoms with van der Waals surface area (Å²) >= 11 is 2.15. The number of carbonyl (C=O) groups excluding carboxylic acids is 2. The van der Waals surface area contributed by atoms with Crippen LogP contribution in [0.2, 0.25) is 0 Å². The van der Waals surface area contributed by atoms with Crippen LogP contribution in [0.15, 0.2) is 36.4 Å². The number of halogens is 1. The molecule has 0 spiro atoms. The summed E-state index contributed by atoms with van der Waals surface area (Å²) in [4.78, 5) is 26.2. The second-order valence-electron chi connectivity index (χ2n) is 5.32. The fraction of sp³-hybridized carbons (Fsp3) is 0.176. The normalized spacial score (nSPS) is 13.8. The molecule has 106 valence electrons. The summed E-state index contributed by atoms with van der Waals surface area (Å²) in [7, 11) is 0. The molecule has 0 N–H and O–H groups in total. The van der Waals surface area contributed by atoms with E-state index in [1.165, 1.54) is 4.90 Å². The van der Waals surface area contributed by atoms with Crippen LogP contribution in [0.5, 0.6) is 0 Å². The fourth-order valence-corrected chi connectivity index (χ4v) is 3.04. The highest BCUT2D eigenvalue weighted by molar-refractivity contribution is 14.1. The molecule has 4 heteroatoms. The lowest BCUT2D eigenvalue weighted by Gasteiger charge is -2.16. The van der Waals surface area contributed by atoms with Crippen molar-refractivity contribution in [3.8, 4) is 0 Å². The van der Waals surface area contributed by atoms with Crippen LogP contribution >= 0.6 is 22.6 Å². The minimum absolute atomic E-state index is 0.200. The fourth-order valence-electron chi connectivity index (χ4n) is 2.55. The van der Waals surface area contributed by atoms with Crippen LogP contribution in [-0.4, -0.2) is 16.7 Å². The first-order valence-electron chi connectivity index (χ1n) is 6.69. The second kappa shape index (κ2) is 5.26. The Hall–Kier alpha value is -1.69. The minimum Gasteiger partial charge on any atom is -0.270 e. The molecule has 2 aromatic carbocycles. The topological polar surface area (TPSA) is 37.4 Å². The molecule has 3 rings (SSSR count). The van der Waals surface area contributed by atoms with Crippen LogP contribution in [0.1, 0.15) is 37.4 Å². The van der Waals surface area contributed by atoms with E-state index in [-0.39, 0.29) is 11.8 Å². The molecule has 0 saturated carbocycles. The van der Waals surface area contributed by atoms with Crippen molar-refractivity contribution in [2.75, 3.05) is 0 Å². The third-order valence-corrected chi connectivity index (χ3v) is 4.44. The van der Waals surface area contributed by atoms with Crippen molar-refractivity contribution in [3.63, 3.8) is 0 Å². The summed E-state index contributed by atoms with van der Waals surface area (Å²) in [5, 5.41) is 0. The molecule has 1 aliphatic rings. The van der Waals surface area contributed by atoms with Gasteiger partial charge in [-0.3, -0.25) is 14.5 Å². The molecule has 0 aromatic heterocycles. The van der Waals surface area contributed by atoms with E-state index in [4.69, 9.17) is 0 Å². The zero-order valence-electron chi connectivity index (χ0n) is 11.8. The first-order chi connectivity index (χ1) is 9.97. The molecular weight excluding hydrogens is 377 g/mol. The number of hydrogen-bond donors (Lipinski definition) is 0. The smallest absolute Gasteiger partial charge is 0.261 e. The molecule has 0 atom stereocenters. The van der Waals surface area contributed by atoms with E-state index >= 15 is 0 Å². The van der Waals surface area contributed by atoms with Crippen LogP contribution in [-0.2, 0) is 6.54 Å². The highest BCUT2D eigenvalue weighted by Gasteiger charge is 2.35. The van der Waals surface area contributed by atoms with Gasteiger partial charge in [0, 0.05) is 3.57 Å². The quantitative estimate of drug-likeness (QED) is 0.578. The van der Waals surface area contributed by atoms with Crippen LogP contribution in [0.3, 0.4) is 0 Å². The van der Waals surface area contributed by atoms with Gasteiger partial charge in [0.1, 0.15) is 0 Å². The summed E-state index contributed by atoms with van der Waals surface area (Å²) in [6.45, 7) is 4.33. The lowest BCUT2D eigenvalue weighted by Crippen LogP contribution is -2.29. The zero-order chi connectivity index (χ0) is 15.1. The van der Waals surface area contributed by atoms with Crippen molar-refractivity contribution in [1.29, 1.82) is 0 Å². The Labute approximate surface area is 137 Å². The Morgan fingerprint density at radius 3 is 2.43 bits per heavy atom. The predicted octanol–water partition coefficient (Wildman–Crippen LogP) is 3.70. The van der Waals surface area contributed by atoms with Crippen molar-refractivity contribution in [3.05, 3.63) is 67.8 Å². The van der Waals surface area contributed by atoms with Gasteiger partial charge in [-0.15, -0.1) is 0 Å². The number of benzene rings is 2. The number of fused-ring (bicyclic) bond motifs is 1. The van der Waals surface area contributed by atoms with E-state index in [1.54, 1.807) is 12.1 Å². The van der Waals surface area contributed by atoms with Crippen LogP contribution in [0, 0.1) is 17.4 Å². The number of rotatable bonds is 2. The Morgan fingerprint density at radius 1 is 0.952 bits per heavy atom. The predicted molar refractivity (Wildman–Crippen MR) is 89.3 cm³/mol. The maximum absolute atomic E-state index is 12.5. The van der Waals surface area contributed by atoms with Gasteiger partial charge >= 0.3 is 0 Å². The van der Waals surface area contributed by atoms with Gasteiger partial charge in [0.2, 0.25) is 0 Å². The van der Waals surface area contributed by atoms with E-state index < -0.39 is 0 Å². The first-order valence-corrected chi connectivity index (χ1v) is 7.77. The molecule has 2 aromatic rings. The molecule has 21 heavy (non-hydrogen) atoms. The number of nitrogens with zero attached hydrogens (tertiary/aromatic N) is 1. The average molecular weight is 391 g/mol. The van der Waals surface area contributed by atoms with Gasteiger partial charge in [-0.2, -0.15) is 0 Å². The molecule has 0 radical (unpaired) electrons. The third kappa shape index (κ3) is 2.48. The summed E-state index contributed by atoms with van der Waals surface area (Å²) in [5.41, 5.74) is 4.25. The van der Waals surface area contributed by atoms with Crippen molar-refractivity contribution in [2.45, 2.75) is 20.4 Å². The Bertz CT molecular complexity index is 767. The molecule has 0 aliphatic carbocycles. The number of amides is 2. The van der Waals surface area contributed by atoms with Gasteiger partial charge in [0.05, 0.1) is 17.7 Å². The molecule has 1 heterocycles. The second-order valence-corrected chi connectivity index (χ2v) is 6.56. The number of carbonyl (C=O) groups is 2. The van der Waals surface area contributed by atoms with Gasteiger partial charge in [0.25, 0.3) is 11.8 Å². The van der Waals surface area contributed by atoms with Crippen molar-refractivity contribution in [1.82, 2.24) is 4.90 Å². The summed E-state index contributed by atoms with van der Waals surface area (Å²) in [6.07, 6.45) is 0. The summed E-state index contributed by atoms with van der Waals surface area (Å²) in [5.74, 6) is -0.401. The maximum atomic E-state index is 12.5. The lowest BCUT2D eigenvalue weighted by molar-refractivity contribution is 0.0642. The third-order valence-electron chi connectivity index (χ3n) is 3.77. The van der Waals surface area contributed by atoms with Gasteiger partial charge in [-0.1, -0.05) is 23.8 Å². The van der Waals surface area contributed by atoms with Crippen LogP contribution in [0.4, 0.5) is 0 Å². The van der Waals surface area contributed by atoms with Gasteiger partial charge in [-0.05, 0) is 65.8 Å². The lowest BCUT2D eigenvalue weighted by atomic mass is 10.1. The minimum atomic E-state index is -0.202. The molecule has 0 bridgehead atoms. The van der Waals surface area contributed by atoms with E-state index in [2.05, 4.69) is 22.6 Å². The molecular formula is C17H14INO2. The van der Waals surface area contributed by atoms with Crippen molar-refractivity contribution >= 4 is 34.4 Å². The molecule has 2 amide bonds. The molecule has 0 saturated heterocycles. The average Bonchev–Trinajstić information content (AvgIpc) is 2.67. The highest BCUT2D eigenvalue weighted by atomic mass is 127. The maximum Gasteiger partial charge on any atom is 0.261 e. The molecule has 0 unspecified atom stereocenters. The summed E-state index contributed by atoms with van der Waals surface area (Å²) < 4.78 is 0.959. The standard InChI is InChI=1S/C17H14INO2/c1-10-3-4-11(2)12(7-10)9-19-16(20)14-6-5-13(18)8-15(14)17(19)21/h3-8H,9H2,1-2H3. The Kier molecular flexibility index (Phi) is 3.57. The summed E-state index contributed by atoms with van der Waals surface area (Å²) in [6, 6.07) is 11.4. The number of hydrogen-bond acceptors (Lipinski definition) is 2. The zero-order valence-corrected chi connectivity index (χ0v) is 14.0. The molecule has 0 fully saturated rings. The van der Waals surface area contributed by atoms with E-state index in [9.17, 15) is 9.59 Å². The van der Waals surface area contributed by atoms with Gasteiger partial charge in [-0.25, -0.2) is 0 Å². The van der Waals surface area contributed by atoms with Crippen molar-refractivity contribution in [2.24, 2.45) is 0 Å². The largest absolute Gasteiger partial charge is 0.270 e. The molecule has 1 aliphatic heterocycles. The van der Waals surface area contributed by atoms with Gasteiger partial charge in [0.15, 0.2) is 0 Å². The van der Waals surface area contributed by atoms with Crippen LogP contribution < -0.4 is 0 Å². The van der Waals surface area contributed by atoms with E-state index in [0.717, 1.165) is 20.3 Å². The number of imide groups is 1. The van der Waals surface area contributed by atoms with Gasteiger partial charge < -0.3 is 0 Å². The Balaban J connectivity index is 1.97.